The predicted molar refractivity (Wildman–Crippen MR) is 119 cm³/mol. The third-order valence-electron chi connectivity index (χ3n) is 4.06. The summed E-state index contributed by atoms with van der Waals surface area (Å²) in [5, 5.41) is 21.9. The van der Waals surface area contributed by atoms with E-state index in [1.807, 2.05) is 0 Å². The molecule has 0 radical (unpaired) electrons. The van der Waals surface area contributed by atoms with Crippen LogP contribution in [0.5, 0.6) is 0 Å². The number of rotatable bonds is 6. The number of nitrogens with zero attached hydrogens (tertiary/aromatic N) is 4. The number of sulfonamides is 2. The fourth-order valence-corrected chi connectivity index (χ4v) is 5.23. The van der Waals surface area contributed by atoms with Crippen molar-refractivity contribution in [3.8, 4) is 0 Å². The van der Waals surface area contributed by atoms with Gasteiger partial charge in [0.2, 0.25) is 0 Å². The van der Waals surface area contributed by atoms with Crippen LogP contribution in [0.1, 0.15) is 0 Å². The lowest BCUT2D eigenvalue weighted by atomic mass is 10.1. The molecule has 0 atom stereocenters. The van der Waals surface area contributed by atoms with Gasteiger partial charge >= 0.3 is 0 Å². The van der Waals surface area contributed by atoms with Crippen molar-refractivity contribution in [3.05, 3.63) is 92.0 Å². The van der Waals surface area contributed by atoms with Crippen molar-refractivity contribution in [1.82, 2.24) is 0 Å². The minimum absolute atomic E-state index is 0.250. The molecule has 170 valence electrons. The van der Waals surface area contributed by atoms with Gasteiger partial charge in [0.05, 0.1) is 26.3 Å². The van der Waals surface area contributed by atoms with E-state index in [1.165, 1.54) is 24.3 Å². The van der Waals surface area contributed by atoms with E-state index in [9.17, 15) is 37.1 Å². The number of benzene rings is 2. The highest BCUT2D eigenvalue weighted by atomic mass is 35.5. The number of nitro groups is 2. The molecule has 0 saturated heterocycles. The Morgan fingerprint density at radius 1 is 0.727 bits per heavy atom. The molecule has 1 aliphatic carbocycles. The maximum absolute atomic E-state index is 12.6. The standard InChI is InChI=1S/C18H11ClN4O8S2/c19-13-11-12(20-32(28,29)17-7-3-1-5-15(17)22(24)25)9-10-14(13)21-33(30,31)18-8-4-2-6-16(18)23(26)27/h1-11H/b20-12+,21-14-. The Morgan fingerprint density at radius 2 is 1.18 bits per heavy atom. The Hall–Kier alpha value is -3.75. The van der Waals surface area contributed by atoms with Gasteiger partial charge in [-0.25, -0.2) is 0 Å². The SMILES string of the molecule is O=[N+]([O-])c1ccccc1S(=O)(=O)/N=C1C=C/C(=N\S(=O)(=O)c2ccccc2[N+](=O)[O-])C=C/1Cl. The van der Waals surface area contributed by atoms with E-state index in [0.717, 1.165) is 42.5 Å². The first-order chi connectivity index (χ1) is 15.4. The molecule has 2 aromatic carbocycles. The Labute approximate surface area is 191 Å². The summed E-state index contributed by atoms with van der Waals surface area (Å²) < 4.78 is 57.2. The largest absolute Gasteiger partial charge is 0.289 e. The quantitative estimate of drug-likeness (QED) is 0.322. The summed E-state index contributed by atoms with van der Waals surface area (Å²) in [6, 6.07) is 9.19. The molecule has 0 N–H and O–H groups in total. The third-order valence-corrected chi connectivity index (χ3v) is 7.05. The second-order valence-corrected chi connectivity index (χ2v) is 9.77. The monoisotopic (exact) mass is 510 g/mol. The van der Waals surface area contributed by atoms with E-state index in [-0.39, 0.29) is 16.5 Å². The van der Waals surface area contributed by atoms with Crippen molar-refractivity contribution in [2.75, 3.05) is 0 Å². The van der Waals surface area contributed by atoms with Gasteiger partial charge in [0.15, 0.2) is 9.79 Å². The number of halogens is 1. The average molecular weight is 511 g/mol. The molecule has 0 fully saturated rings. The van der Waals surface area contributed by atoms with Crippen molar-refractivity contribution >= 4 is 54.4 Å². The van der Waals surface area contributed by atoms with Gasteiger partial charge in [-0.05, 0) is 30.4 Å². The average Bonchev–Trinajstić information content (AvgIpc) is 2.75. The molecule has 12 nitrogen and oxygen atoms in total. The normalized spacial score (nSPS) is 16.6. The zero-order valence-electron chi connectivity index (χ0n) is 16.1. The summed E-state index contributed by atoms with van der Waals surface area (Å²) in [5.41, 5.74) is -1.92. The summed E-state index contributed by atoms with van der Waals surface area (Å²) in [6.07, 6.45) is 3.11. The Morgan fingerprint density at radius 3 is 1.64 bits per heavy atom. The highest BCUT2D eigenvalue weighted by molar-refractivity contribution is 7.90. The predicted octanol–water partition coefficient (Wildman–Crippen LogP) is 3.16. The van der Waals surface area contributed by atoms with Gasteiger partial charge in [0.1, 0.15) is 0 Å². The molecule has 15 heteroatoms. The maximum Gasteiger partial charge on any atom is 0.289 e. The molecule has 0 saturated carbocycles. The molecule has 0 heterocycles. The van der Waals surface area contributed by atoms with Crippen LogP contribution in [0.15, 0.2) is 90.4 Å². The molecule has 0 spiro atoms. The van der Waals surface area contributed by atoms with Crippen molar-refractivity contribution in [3.63, 3.8) is 0 Å². The van der Waals surface area contributed by atoms with E-state index in [2.05, 4.69) is 8.80 Å². The minimum Gasteiger partial charge on any atom is -0.258 e. The molecule has 0 aliphatic heterocycles. The van der Waals surface area contributed by atoms with E-state index in [1.54, 1.807) is 0 Å². The molecule has 0 amide bonds. The van der Waals surface area contributed by atoms with Gasteiger partial charge in [-0.15, -0.1) is 0 Å². The molecule has 0 unspecified atom stereocenters. The molecule has 33 heavy (non-hydrogen) atoms. The van der Waals surface area contributed by atoms with E-state index in [4.69, 9.17) is 11.6 Å². The summed E-state index contributed by atoms with van der Waals surface area (Å²) in [4.78, 5) is 19.2. The van der Waals surface area contributed by atoms with Crippen LogP contribution in [-0.4, -0.2) is 38.1 Å². The first kappa shape index (κ1) is 23.9. The van der Waals surface area contributed by atoms with Crippen molar-refractivity contribution in [2.45, 2.75) is 9.79 Å². The van der Waals surface area contributed by atoms with Crippen LogP contribution >= 0.6 is 11.6 Å². The molecular formula is C18H11ClN4O8S2. The lowest BCUT2D eigenvalue weighted by Gasteiger charge is -2.08. The van der Waals surface area contributed by atoms with Crippen molar-refractivity contribution in [1.29, 1.82) is 0 Å². The zero-order chi connectivity index (χ0) is 24.4. The summed E-state index contributed by atoms with van der Waals surface area (Å²) in [7, 11) is -9.05. The molecule has 0 aromatic heterocycles. The van der Waals surface area contributed by atoms with Gasteiger partial charge in [0, 0.05) is 12.1 Å². The second-order valence-electron chi connectivity index (χ2n) is 6.22. The summed E-state index contributed by atoms with van der Waals surface area (Å²) in [5.74, 6) is 0. The highest BCUT2D eigenvalue weighted by Gasteiger charge is 2.27. The van der Waals surface area contributed by atoms with Crippen LogP contribution in [0, 0.1) is 20.2 Å². The molecule has 2 aromatic rings. The Bertz CT molecular complexity index is 1510. The number of allylic oxidation sites excluding steroid dienone is 4. The first-order valence-electron chi connectivity index (χ1n) is 8.65. The Kier molecular flexibility index (Phi) is 6.53. The maximum atomic E-state index is 12.6. The van der Waals surface area contributed by atoms with E-state index >= 15 is 0 Å². The first-order valence-corrected chi connectivity index (χ1v) is 11.9. The summed E-state index contributed by atoms with van der Waals surface area (Å²) >= 11 is 6.03. The molecule has 1 aliphatic rings. The van der Waals surface area contributed by atoms with Gasteiger partial charge in [0.25, 0.3) is 31.4 Å². The second kappa shape index (κ2) is 9.01. The van der Waals surface area contributed by atoms with Crippen LogP contribution < -0.4 is 0 Å². The van der Waals surface area contributed by atoms with Gasteiger partial charge in [-0.1, -0.05) is 35.9 Å². The fourth-order valence-electron chi connectivity index (χ4n) is 2.65. The topological polar surface area (TPSA) is 179 Å². The van der Waals surface area contributed by atoms with Crippen LogP contribution in [0.2, 0.25) is 0 Å². The van der Waals surface area contributed by atoms with Crippen LogP contribution in [-0.2, 0) is 20.0 Å². The third kappa shape index (κ3) is 5.19. The lowest BCUT2D eigenvalue weighted by molar-refractivity contribution is -0.388. The molecule has 0 bridgehead atoms. The molecular weight excluding hydrogens is 500 g/mol. The minimum atomic E-state index is -4.54. The number of nitro benzene ring substituents is 2. The van der Waals surface area contributed by atoms with Crippen LogP contribution in [0.25, 0.3) is 0 Å². The smallest absolute Gasteiger partial charge is 0.258 e. The Balaban J connectivity index is 1.99. The van der Waals surface area contributed by atoms with Gasteiger partial charge in [-0.3, -0.25) is 20.2 Å². The zero-order valence-corrected chi connectivity index (χ0v) is 18.5. The summed E-state index contributed by atoms with van der Waals surface area (Å²) in [6.45, 7) is 0. The van der Waals surface area contributed by atoms with Crippen molar-refractivity contribution < 1.29 is 26.7 Å². The van der Waals surface area contributed by atoms with Gasteiger partial charge < -0.3 is 0 Å². The van der Waals surface area contributed by atoms with Crippen LogP contribution in [0.3, 0.4) is 0 Å². The van der Waals surface area contributed by atoms with Crippen LogP contribution in [0.4, 0.5) is 11.4 Å². The number of hydrogen-bond donors (Lipinski definition) is 0. The highest BCUT2D eigenvalue weighted by Crippen LogP contribution is 2.27. The number of para-hydroxylation sites is 2. The van der Waals surface area contributed by atoms with Crippen molar-refractivity contribution in [2.24, 2.45) is 8.80 Å². The van der Waals surface area contributed by atoms with Gasteiger partial charge in [-0.2, -0.15) is 25.6 Å². The van der Waals surface area contributed by atoms with E-state index in [0.29, 0.717) is 0 Å². The molecule has 3 rings (SSSR count). The number of hydrogen-bond acceptors (Lipinski definition) is 8. The van der Waals surface area contributed by atoms with E-state index < -0.39 is 51.1 Å². The fraction of sp³-hybridized carbons (Fsp3) is 0. The lowest BCUT2D eigenvalue weighted by Crippen LogP contribution is -2.11.